The number of ether oxygens (including phenoxy) is 1. The minimum absolute atomic E-state index is 0.159. The summed E-state index contributed by atoms with van der Waals surface area (Å²) in [7, 11) is 0. The molecule has 0 aliphatic carbocycles. The molecule has 3 aromatic carbocycles. The van der Waals surface area contributed by atoms with Crippen LogP contribution in [0.1, 0.15) is 35.8 Å². The highest BCUT2D eigenvalue weighted by Crippen LogP contribution is 2.19. The quantitative estimate of drug-likeness (QED) is 0.622. The van der Waals surface area contributed by atoms with Crippen LogP contribution in [-0.2, 0) is 4.79 Å². The van der Waals surface area contributed by atoms with Gasteiger partial charge in [-0.15, -0.1) is 0 Å². The van der Waals surface area contributed by atoms with Crippen molar-refractivity contribution < 1.29 is 14.3 Å². The highest BCUT2D eigenvalue weighted by atomic mass is 16.5. The summed E-state index contributed by atoms with van der Waals surface area (Å²) in [5, 5.41) is 5.77. The van der Waals surface area contributed by atoms with E-state index in [4.69, 9.17) is 4.74 Å². The van der Waals surface area contributed by atoms with Crippen molar-refractivity contribution in [2.24, 2.45) is 0 Å². The lowest BCUT2D eigenvalue weighted by Crippen LogP contribution is -2.32. The van der Waals surface area contributed by atoms with Crippen molar-refractivity contribution in [2.45, 2.75) is 26.0 Å². The molecule has 0 aliphatic heterocycles. The van der Waals surface area contributed by atoms with E-state index in [0.717, 1.165) is 5.56 Å². The zero-order chi connectivity index (χ0) is 20.6. The van der Waals surface area contributed by atoms with Crippen LogP contribution in [0.5, 0.6) is 5.75 Å². The van der Waals surface area contributed by atoms with E-state index in [9.17, 15) is 9.59 Å². The number of hydrogen-bond donors (Lipinski definition) is 2. The zero-order valence-corrected chi connectivity index (χ0v) is 16.5. The number of benzene rings is 3. The Balaban J connectivity index is 1.68. The summed E-state index contributed by atoms with van der Waals surface area (Å²) in [6, 6.07) is 25.6. The second-order valence-electron chi connectivity index (χ2n) is 6.71. The molecule has 0 aromatic heterocycles. The van der Waals surface area contributed by atoms with Crippen LogP contribution in [0, 0.1) is 0 Å². The van der Waals surface area contributed by atoms with Gasteiger partial charge in [-0.25, -0.2) is 0 Å². The van der Waals surface area contributed by atoms with Gasteiger partial charge in [0.25, 0.3) is 11.8 Å². The Morgan fingerprint density at radius 3 is 2.07 bits per heavy atom. The first-order chi connectivity index (χ1) is 14.0. The van der Waals surface area contributed by atoms with Crippen molar-refractivity contribution in [3.05, 3.63) is 96.1 Å². The Bertz CT molecular complexity index is 958. The minimum atomic E-state index is -0.711. The van der Waals surface area contributed by atoms with Gasteiger partial charge in [-0.2, -0.15) is 0 Å². The summed E-state index contributed by atoms with van der Waals surface area (Å²) in [6.45, 7) is 3.59. The van der Waals surface area contributed by atoms with E-state index in [1.54, 1.807) is 43.3 Å². The molecule has 0 heterocycles. The van der Waals surface area contributed by atoms with Crippen LogP contribution < -0.4 is 15.4 Å². The van der Waals surface area contributed by atoms with Crippen molar-refractivity contribution in [3.63, 3.8) is 0 Å². The molecule has 0 saturated heterocycles. The van der Waals surface area contributed by atoms with E-state index in [2.05, 4.69) is 10.6 Å². The fourth-order valence-corrected chi connectivity index (χ4v) is 2.88. The molecular weight excluding hydrogens is 364 g/mol. The lowest BCUT2D eigenvalue weighted by Gasteiger charge is -2.18. The van der Waals surface area contributed by atoms with Crippen molar-refractivity contribution >= 4 is 17.5 Å². The van der Waals surface area contributed by atoms with Gasteiger partial charge in [0.1, 0.15) is 5.75 Å². The third-order valence-electron chi connectivity index (χ3n) is 4.50. The van der Waals surface area contributed by atoms with Gasteiger partial charge < -0.3 is 15.4 Å². The van der Waals surface area contributed by atoms with Crippen molar-refractivity contribution in [2.75, 3.05) is 5.32 Å². The molecule has 0 radical (unpaired) electrons. The smallest absolute Gasteiger partial charge is 0.265 e. The third kappa shape index (κ3) is 5.45. The third-order valence-corrected chi connectivity index (χ3v) is 4.50. The first-order valence-electron chi connectivity index (χ1n) is 9.52. The summed E-state index contributed by atoms with van der Waals surface area (Å²) < 4.78 is 5.66. The van der Waals surface area contributed by atoms with Gasteiger partial charge in [-0.3, -0.25) is 9.59 Å². The molecule has 0 aliphatic rings. The second kappa shape index (κ2) is 9.55. The van der Waals surface area contributed by atoms with Crippen LogP contribution in [-0.4, -0.2) is 17.9 Å². The molecule has 0 bridgehead atoms. The number of amides is 2. The second-order valence-corrected chi connectivity index (χ2v) is 6.71. The number of carbonyl (C=O) groups excluding carboxylic acids is 2. The predicted octanol–water partition coefficient (Wildman–Crippen LogP) is 4.58. The molecule has 0 unspecified atom stereocenters. The zero-order valence-electron chi connectivity index (χ0n) is 16.5. The van der Waals surface area contributed by atoms with Gasteiger partial charge in [0, 0.05) is 0 Å². The molecule has 0 fully saturated rings. The molecule has 5 nitrogen and oxygen atoms in total. The highest BCUT2D eigenvalue weighted by molar-refractivity contribution is 6.04. The summed E-state index contributed by atoms with van der Waals surface area (Å²) >= 11 is 0. The van der Waals surface area contributed by atoms with Crippen LogP contribution in [0.2, 0.25) is 0 Å². The largest absolute Gasteiger partial charge is 0.481 e. The summed E-state index contributed by atoms with van der Waals surface area (Å²) in [5.74, 6) is 0.0250. The molecule has 0 saturated carbocycles. The molecule has 2 atom stereocenters. The predicted molar refractivity (Wildman–Crippen MR) is 114 cm³/mol. The molecule has 3 rings (SSSR count). The maximum atomic E-state index is 12.8. The number of anilines is 1. The molecule has 0 spiro atoms. The Labute approximate surface area is 170 Å². The van der Waals surface area contributed by atoms with Crippen molar-refractivity contribution in [3.8, 4) is 5.75 Å². The number of nitrogens with one attached hydrogen (secondary N) is 2. The Hall–Kier alpha value is -3.60. The maximum absolute atomic E-state index is 12.8. The van der Waals surface area contributed by atoms with Crippen LogP contribution in [0.25, 0.3) is 0 Å². The average Bonchev–Trinajstić information content (AvgIpc) is 2.75. The lowest BCUT2D eigenvalue weighted by molar-refractivity contribution is -0.122. The van der Waals surface area contributed by atoms with E-state index >= 15 is 0 Å². The van der Waals surface area contributed by atoms with Gasteiger partial charge in [-0.1, -0.05) is 60.7 Å². The normalized spacial score (nSPS) is 12.5. The molecule has 3 aromatic rings. The van der Waals surface area contributed by atoms with Crippen molar-refractivity contribution in [1.82, 2.24) is 5.32 Å². The number of hydrogen-bond acceptors (Lipinski definition) is 3. The fourth-order valence-electron chi connectivity index (χ4n) is 2.88. The van der Waals surface area contributed by atoms with Crippen LogP contribution in [0.3, 0.4) is 0 Å². The topological polar surface area (TPSA) is 67.4 Å². The molecule has 2 amide bonds. The Kier molecular flexibility index (Phi) is 6.63. The monoisotopic (exact) mass is 388 g/mol. The molecule has 5 heteroatoms. The van der Waals surface area contributed by atoms with Gasteiger partial charge in [-0.05, 0) is 43.7 Å². The molecular formula is C24H24N2O3. The lowest BCUT2D eigenvalue weighted by atomic mass is 10.1. The fraction of sp³-hybridized carbons (Fsp3) is 0.167. The SMILES string of the molecule is C[C@H](Oc1ccccc1)C(=O)Nc1ccccc1C(=O)N[C@@H](C)c1ccccc1. The van der Waals surface area contributed by atoms with E-state index in [1.165, 1.54) is 0 Å². The van der Waals surface area contributed by atoms with Crippen LogP contribution in [0.4, 0.5) is 5.69 Å². The first-order valence-corrected chi connectivity index (χ1v) is 9.52. The van der Waals surface area contributed by atoms with Gasteiger partial charge >= 0.3 is 0 Å². The minimum Gasteiger partial charge on any atom is -0.481 e. The molecule has 29 heavy (non-hydrogen) atoms. The number of carbonyl (C=O) groups is 2. The van der Waals surface area contributed by atoms with Crippen LogP contribution in [0.15, 0.2) is 84.9 Å². The van der Waals surface area contributed by atoms with Gasteiger partial charge in [0.2, 0.25) is 0 Å². The average molecular weight is 388 g/mol. The highest BCUT2D eigenvalue weighted by Gasteiger charge is 2.19. The van der Waals surface area contributed by atoms with Crippen molar-refractivity contribution in [1.29, 1.82) is 0 Å². The first kappa shape index (κ1) is 20.1. The summed E-state index contributed by atoms with van der Waals surface area (Å²) in [5.41, 5.74) is 1.85. The summed E-state index contributed by atoms with van der Waals surface area (Å²) in [4.78, 5) is 25.4. The standard InChI is InChI=1S/C24H24N2O3/c1-17(19-11-5-3-6-12-19)25-24(28)21-15-9-10-16-22(21)26-23(27)18(2)29-20-13-7-4-8-14-20/h3-18H,1-2H3,(H,25,28)(H,26,27)/t17-,18-/m0/s1. The van der Waals surface area contributed by atoms with Gasteiger partial charge in [0.05, 0.1) is 17.3 Å². The van der Waals surface area contributed by atoms with Gasteiger partial charge in [0.15, 0.2) is 6.10 Å². The Morgan fingerprint density at radius 1 is 0.793 bits per heavy atom. The summed E-state index contributed by atoms with van der Waals surface area (Å²) in [6.07, 6.45) is -0.711. The maximum Gasteiger partial charge on any atom is 0.265 e. The molecule has 148 valence electrons. The Morgan fingerprint density at radius 2 is 1.38 bits per heavy atom. The van der Waals surface area contributed by atoms with E-state index in [-0.39, 0.29) is 17.9 Å². The van der Waals surface area contributed by atoms with E-state index < -0.39 is 6.10 Å². The van der Waals surface area contributed by atoms with E-state index in [0.29, 0.717) is 17.0 Å². The number of rotatable bonds is 7. The molecule has 2 N–H and O–H groups in total. The van der Waals surface area contributed by atoms with E-state index in [1.807, 2.05) is 55.5 Å². The number of para-hydroxylation sites is 2. The van der Waals surface area contributed by atoms with Crippen LogP contribution >= 0.6 is 0 Å².